The normalized spacial score (nSPS) is 16.6. The predicted octanol–water partition coefficient (Wildman–Crippen LogP) is 4.81. The van der Waals surface area contributed by atoms with Gasteiger partial charge in [0.2, 0.25) is 5.91 Å². The molecule has 0 unspecified atom stereocenters. The molecule has 1 amide bonds. The van der Waals surface area contributed by atoms with Crippen molar-refractivity contribution in [3.05, 3.63) is 64.7 Å². The average Bonchev–Trinajstić information content (AvgIpc) is 2.58. The number of hydrogen-bond acceptors (Lipinski definition) is 2. The molecule has 1 fully saturated rings. The van der Waals surface area contributed by atoms with Gasteiger partial charge in [-0.05, 0) is 68.2 Å². The molecule has 2 aromatic carbocycles. The Kier molecular flexibility index (Phi) is 5.54. The van der Waals surface area contributed by atoms with E-state index < -0.39 is 0 Å². The van der Waals surface area contributed by atoms with Crippen molar-refractivity contribution in [1.29, 1.82) is 0 Å². The number of rotatable bonds is 4. The highest BCUT2D eigenvalue weighted by molar-refractivity contribution is 6.30. The van der Waals surface area contributed by atoms with E-state index in [9.17, 15) is 4.79 Å². The Hall–Kier alpha value is -1.84. The molecule has 0 aromatic heterocycles. The fourth-order valence-corrected chi connectivity index (χ4v) is 3.41. The Morgan fingerprint density at radius 1 is 1.08 bits per heavy atom. The first kappa shape index (κ1) is 17.0. The Labute approximate surface area is 148 Å². The maximum absolute atomic E-state index is 13.0. The first-order valence-corrected chi connectivity index (χ1v) is 8.88. The van der Waals surface area contributed by atoms with Crippen LogP contribution < -0.4 is 5.32 Å². The van der Waals surface area contributed by atoms with Crippen LogP contribution in [-0.4, -0.2) is 23.9 Å². The molecule has 3 rings (SSSR count). The second-order valence-corrected chi connectivity index (χ2v) is 6.85. The van der Waals surface area contributed by atoms with E-state index in [-0.39, 0.29) is 11.9 Å². The Balaban J connectivity index is 1.85. The molecular weight excluding hydrogens is 320 g/mol. The van der Waals surface area contributed by atoms with Gasteiger partial charge in [0.05, 0.1) is 0 Å². The largest absolute Gasteiger partial charge is 0.324 e. The number of benzene rings is 2. The van der Waals surface area contributed by atoms with Crippen molar-refractivity contribution in [2.24, 2.45) is 0 Å². The van der Waals surface area contributed by atoms with Crippen molar-refractivity contribution in [3.8, 4) is 0 Å². The summed E-state index contributed by atoms with van der Waals surface area (Å²) in [5.74, 6) is 0.0184. The summed E-state index contributed by atoms with van der Waals surface area (Å²) in [7, 11) is 0. The van der Waals surface area contributed by atoms with Crippen molar-refractivity contribution >= 4 is 23.2 Å². The molecule has 1 N–H and O–H groups in total. The van der Waals surface area contributed by atoms with Crippen LogP contribution in [-0.2, 0) is 4.79 Å². The maximum Gasteiger partial charge on any atom is 0.246 e. The topological polar surface area (TPSA) is 32.3 Å². The quantitative estimate of drug-likeness (QED) is 0.864. The minimum atomic E-state index is -0.275. The molecule has 2 aromatic rings. The lowest BCUT2D eigenvalue weighted by Crippen LogP contribution is -2.40. The summed E-state index contributed by atoms with van der Waals surface area (Å²) < 4.78 is 0. The third-order valence-electron chi connectivity index (χ3n) is 4.48. The number of carbonyl (C=O) groups is 1. The summed E-state index contributed by atoms with van der Waals surface area (Å²) in [4.78, 5) is 15.3. The maximum atomic E-state index is 13.0. The minimum Gasteiger partial charge on any atom is -0.324 e. The summed E-state index contributed by atoms with van der Waals surface area (Å²) in [6, 6.07) is 15.3. The predicted molar refractivity (Wildman–Crippen MR) is 99.4 cm³/mol. The van der Waals surface area contributed by atoms with Crippen LogP contribution in [0.3, 0.4) is 0 Å². The van der Waals surface area contributed by atoms with E-state index in [1.165, 1.54) is 6.42 Å². The van der Waals surface area contributed by atoms with Crippen molar-refractivity contribution in [2.45, 2.75) is 32.2 Å². The van der Waals surface area contributed by atoms with Gasteiger partial charge in [0.25, 0.3) is 0 Å². The van der Waals surface area contributed by atoms with E-state index >= 15 is 0 Å². The standard InChI is InChI=1S/C20H23ClN2O/c1-15-6-5-7-18(14-15)22-20(24)19(23-12-3-2-4-13-23)16-8-10-17(21)11-9-16/h5-11,14,19H,2-4,12-13H2,1H3,(H,22,24)/t19-/m0/s1. The van der Waals surface area contributed by atoms with E-state index in [1.54, 1.807) is 0 Å². The van der Waals surface area contributed by atoms with Crippen LogP contribution in [0.5, 0.6) is 0 Å². The van der Waals surface area contributed by atoms with Gasteiger partial charge in [-0.25, -0.2) is 0 Å². The second-order valence-electron chi connectivity index (χ2n) is 6.41. The third kappa shape index (κ3) is 4.16. The van der Waals surface area contributed by atoms with E-state index in [0.717, 1.165) is 42.7 Å². The number of nitrogens with one attached hydrogen (secondary N) is 1. The van der Waals surface area contributed by atoms with Gasteiger partial charge in [0.1, 0.15) is 6.04 Å². The Morgan fingerprint density at radius 2 is 1.79 bits per heavy atom. The second kappa shape index (κ2) is 7.82. The molecule has 3 nitrogen and oxygen atoms in total. The number of anilines is 1. The number of halogens is 1. The van der Waals surface area contributed by atoms with Crippen LogP contribution >= 0.6 is 11.6 Å². The smallest absolute Gasteiger partial charge is 0.246 e. The van der Waals surface area contributed by atoms with E-state index in [2.05, 4.69) is 10.2 Å². The fraction of sp³-hybridized carbons (Fsp3) is 0.350. The lowest BCUT2D eigenvalue weighted by molar-refractivity contribution is -0.122. The van der Waals surface area contributed by atoms with Crippen LogP contribution in [0.25, 0.3) is 0 Å². The highest BCUT2D eigenvalue weighted by Gasteiger charge is 2.28. The van der Waals surface area contributed by atoms with Crippen molar-refractivity contribution in [3.63, 3.8) is 0 Å². The van der Waals surface area contributed by atoms with Crippen molar-refractivity contribution < 1.29 is 4.79 Å². The number of amides is 1. The van der Waals surface area contributed by atoms with Gasteiger partial charge in [0, 0.05) is 10.7 Å². The number of hydrogen-bond donors (Lipinski definition) is 1. The molecule has 0 aliphatic carbocycles. The summed E-state index contributed by atoms with van der Waals surface area (Å²) in [5, 5.41) is 3.77. The third-order valence-corrected chi connectivity index (χ3v) is 4.73. The van der Waals surface area contributed by atoms with Gasteiger partial charge in [0.15, 0.2) is 0 Å². The zero-order chi connectivity index (χ0) is 16.9. The number of aryl methyl sites for hydroxylation is 1. The number of carbonyl (C=O) groups excluding carboxylic acids is 1. The molecule has 126 valence electrons. The van der Waals surface area contributed by atoms with Crippen LogP contribution in [0.2, 0.25) is 5.02 Å². The molecule has 1 atom stereocenters. The van der Waals surface area contributed by atoms with Gasteiger partial charge in [-0.15, -0.1) is 0 Å². The molecule has 1 aliphatic rings. The van der Waals surface area contributed by atoms with Gasteiger partial charge in [-0.2, -0.15) is 0 Å². The minimum absolute atomic E-state index is 0.0184. The van der Waals surface area contributed by atoms with Crippen molar-refractivity contribution in [1.82, 2.24) is 4.90 Å². The highest BCUT2D eigenvalue weighted by atomic mass is 35.5. The molecule has 1 heterocycles. The van der Waals surface area contributed by atoms with Crippen LogP contribution in [0.15, 0.2) is 48.5 Å². The summed E-state index contributed by atoms with van der Waals surface area (Å²) in [6.07, 6.45) is 3.52. The first-order valence-electron chi connectivity index (χ1n) is 8.50. The monoisotopic (exact) mass is 342 g/mol. The lowest BCUT2D eigenvalue weighted by Gasteiger charge is -2.34. The lowest BCUT2D eigenvalue weighted by atomic mass is 10.0. The van der Waals surface area contributed by atoms with E-state index in [4.69, 9.17) is 11.6 Å². The number of likely N-dealkylation sites (tertiary alicyclic amines) is 1. The van der Waals surface area contributed by atoms with Crippen LogP contribution in [0.1, 0.15) is 36.4 Å². The molecule has 24 heavy (non-hydrogen) atoms. The molecule has 1 saturated heterocycles. The molecule has 0 radical (unpaired) electrons. The average molecular weight is 343 g/mol. The summed E-state index contributed by atoms with van der Waals surface area (Å²) in [6.45, 7) is 3.93. The molecule has 0 saturated carbocycles. The zero-order valence-electron chi connectivity index (χ0n) is 14.0. The van der Waals surface area contributed by atoms with Gasteiger partial charge in [-0.3, -0.25) is 9.69 Å². The van der Waals surface area contributed by atoms with Crippen molar-refractivity contribution in [2.75, 3.05) is 18.4 Å². The van der Waals surface area contributed by atoms with Gasteiger partial charge >= 0.3 is 0 Å². The van der Waals surface area contributed by atoms with E-state index in [1.807, 2.05) is 55.5 Å². The van der Waals surface area contributed by atoms with Crippen LogP contribution in [0.4, 0.5) is 5.69 Å². The molecular formula is C20H23ClN2O. The van der Waals surface area contributed by atoms with Gasteiger partial charge < -0.3 is 5.32 Å². The molecule has 4 heteroatoms. The first-order chi connectivity index (χ1) is 11.6. The fourth-order valence-electron chi connectivity index (χ4n) is 3.28. The number of nitrogens with zero attached hydrogens (tertiary/aromatic N) is 1. The molecule has 1 aliphatic heterocycles. The zero-order valence-corrected chi connectivity index (χ0v) is 14.7. The Morgan fingerprint density at radius 3 is 2.46 bits per heavy atom. The number of piperidine rings is 1. The van der Waals surface area contributed by atoms with Crippen LogP contribution in [0, 0.1) is 6.92 Å². The highest BCUT2D eigenvalue weighted by Crippen LogP contribution is 2.27. The Bertz CT molecular complexity index is 693. The van der Waals surface area contributed by atoms with E-state index in [0.29, 0.717) is 5.02 Å². The molecule has 0 spiro atoms. The molecule has 0 bridgehead atoms. The summed E-state index contributed by atoms with van der Waals surface area (Å²) >= 11 is 6.01. The summed E-state index contributed by atoms with van der Waals surface area (Å²) in [5.41, 5.74) is 2.97. The van der Waals surface area contributed by atoms with Gasteiger partial charge in [-0.1, -0.05) is 42.3 Å². The SMILES string of the molecule is Cc1cccc(NC(=O)[C@H](c2ccc(Cl)cc2)N2CCCCC2)c1.